The predicted octanol–water partition coefficient (Wildman–Crippen LogP) is 4.13. The summed E-state index contributed by atoms with van der Waals surface area (Å²) < 4.78 is 35.6. The molecule has 0 radical (unpaired) electrons. The molecule has 1 aliphatic carbocycles. The van der Waals surface area contributed by atoms with Gasteiger partial charge in [-0.1, -0.05) is 6.07 Å². The van der Waals surface area contributed by atoms with Crippen LogP contribution in [0.2, 0.25) is 0 Å². The van der Waals surface area contributed by atoms with Crippen LogP contribution in [0.25, 0.3) is 5.82 Å². The first-order valence-electron chi connectivity index (χ1n) is 10.3. The summed E-state index contributed by atoms with van der Waals surface area (Å²) in [6.07, 6.45) is 7.63. The standard InChI is InChI=1S/C23H21N5O3S/c29-32(30,21-11-6-17-4-1-2-5-18(17)16-21)27-19-7-9-20(10-8-19)31-23-13-12-22(25-26-23)28-15-3-14-24-28/h3,6-16,27H,1-2,4-5H2. The molecule has 0 fully saturated rings. The lowest BCUT2D eigenvalue weighted by atomic mass is 9.92. The van der Waals surface area contributed by atoms with Gasteiger partial charge in [-0.3, -0.25) is 4.72 Å². The molecule has 0 saturated carbocycles. The van der Waals surface area contributed by atoms with Gasteiger partial charge in [0.15, 0.2) is 5.82 Å². The highest BCUT2D eigenvalue weighted by Crippen LogP contribution is 2.26. The van der Waals surface area contributed by atoms with Crippen molar-refractivity contribution < 1.29 is 13.2 Å². The van der Waals surface area contributed by atoms with Crippen molar-refractivity contribution in [2.45, 2.75) is 30.6 Å². The molecule has 0 spiro atoms. The van der Waals surface area contributed by atoms with Crippen molar-refractivity contribution in [1.82, 2.24) is 20.0 Å². The van der Waals surface area contributed by atoms with Gasteiger partial charge in [0, 0.05) is 24.1 Å². The first kappa shape index (κ1) is 20.2. The zero-order chi connectivity index (χ0) is 22.0. The van der Waals surface area contributed by atoms with E-state index in [0.29, 0.717) is 23.1 Å². The summed E-state index contributed by atoms with van der Waals surface area (Å²) in [5.74, 6) is 1.42. The molecule has 4 aromatic rings. The number of anilines is 1. The van der Waals surface area contributed by atoms with Gasteiger partial charge in [-0.15, -0.1) is 10.2 Å². The molecular formula is C23H21N5O3S. The Morgan fingerprint density at radius 1 is 0.906 bits per heavy atom. The lowest BCUT2D eigenvalue weighted by Gasteiger charge is -2.17. The van der Waals surface area contributed by atoms with E-state index in [2.05, 4.69) is 20.0 Å². The highest BCUT2D eigenvalue weighted by molar-refractivity contribution is 7.92. The summed E-state index contributed by atoms with van der Waals surface area (Å²) in [4.78, 5) is 0.283. The molecule has 0 bridgehead atoms. The summed E-state index contributed by atoms with van der Waals surface area (Å²) in [5, 5.41) is 12.2. The molecule has 0 saturated heterocycles. The number of sulfonamides is 1. The minimum atomic E-state index is -3.67. The molecule has 9 heteroatoms. The highest BCUT2D eigenvalue weighted by Gasteiger charge is 2.18. The van der Waals surface area contributed by atoms with Crippen LogP contribution in [0, 0.1) is 0 Å². The minimum Gasteiger partial charge on any atom is -0.438 e. The summed E-state index contributed by atoms with van der Waals surface area (Å²) in [6, 6.07) is 17.3. The normalized spacial score (nSPS) is 13.4. The number of benzene rings is 2. The van der Waals surface area contributed by atoms with E-state index in [9.17, 15) is 8.42 Å². The third-order valence-corrected chi connectivity index (χ3v) is 6.70. The second kappa shape index (κ2) is 8.43. The Balaban J connectivity index is 1.26. The van der Waals surface area contributed by atoms with Gasteiger partial charge >= 0.3 is 0 Å². The molecule has 0 amide bonds. The van der Waals surface area contributed by atoms with Gasteiger partial charge in [0.1, 0.15) is 5.75 Å². The van der Waals surface area contributed by atoms with E-state index in [-0.39, 0.29) is 4.90 Å². The fourth-order valence-electron chi connectivity index (χ4n) is 3.70. The molecule has 32 heavy (non-hydrogen) atoms. The SMILES string of the molecule is O=S(=O)(Nc1ccc(Oc2ccc(-n3cccn3)nn2)cc1)c1ccc2c(c1)CCCC2. The maximum absolute atomic E-state index is 12.8. The highest BCUT2D eigenvalue weighted by atomic mass is 32.2. The van der Waals surface area contributed by atoms with Gasteiger partial charge < -0.3 is 4.74 Å². The second-order valence-corrected chi connectivity index (χ2v) is 9.23. The number of aryl methyl sites for hydroxylation is 2. The minimum absolute atomic E-state index is 0.283. The molecule has 5 rings (SSSR count). The van der Waals surface area contributed by atoms with Crippen molar-refractivity contribution in [3.8, 4) is 17.4 Å². The van der Waals surface area contributed by atoms with Gasteiger partial charge in [-0.2, -0.15) is 5.10 Å². The average molecular weight is 448 g/mol. The van der Waals surface area contributed by atoms with E-state index in [1.807, 2.05) is 6.07 Å². The van der Waals surface area contributed by atoms with Crippen molar-refractivity contribution in [3.63, 3.8) is 0 Å². The number of nitrogens with one attached hydrogen (secondary N) is 1. The van der Waals surface area contributed by atoms with Crippen LogP contribution in [0.4, 0.5) is 5.69 Å². The monoisotopic (exact) mass is 447 g/mol. The van der Waals surface area contributed by atoms with E-state index >= 15 is 0 Å². The first-order chi connectivity index (χ1) is 15.6. The second-order valence-electron chi connectivity index (χ2n) is 7.55. The summed E-state index contributed by atoms with van der Waals surface area (Å²) in [5.41, 5.74) is 2.83. The molecule has 2 heterocycles. The van der Waals surface area contributed by atoms with Crippen LogP contribution >= 0.6 is 0 Å². The third kappa shape index (κ3) is 4.33. The van der Waals surface area contributed by atoms with Crippen LogP contribution in [0.5, 0.6) is 11.6 Å². The Hall–Kier alpha value is -3.72. The van der Waals surface area contributed by atoms with Crippen LogP contribution in [0.3, 0.4) is 0 Å². The van der Waals surface area contributed by atoms with Crippen molar-refractivity contribution in [1.29, 1.82) is 0 Å². The average Bonchev–Trinajstić information content (AvgIpc) is 3.35. The Morgan fingerprint density at radius 2 is 1.72 bits per heavy atom. The number of hydrogen-bond donors (Lipinski definition) is 1. The van der Waals surface area contributed by atoms with Crippen LogP contribution in [0.1, 0.15) is 24.0 Å². The van der Waals surface area contributed by atoms with Crippen molar-refractivity contribution in [2.24, 2.45) is 0 Å². The zero-order valence-corrected chi connectivity index (χ0v) is 18.0. The summed E-state index contributed by atoms with van der Waals surface area (Å²) in [7, 11) is -3.67. The lowest BCUT2D eigenvalue weighted by Crippen LogP contribution is -2.14. The van der Waals surface area contributed by atoms with Crippen LogP contribution in [0.15, 0.2) is 78.0 Å². The molecule has 162 valence electrons. The molecule has 0 unspecified atom stereocenters. The Kier molecular flexibility index (Phi) is 5.32. The first-order valence-corrected chi connectivity index (χ1v) is 11.8. The summed E-state index contributed by atoms with van der Waals surface area (Å²) in [6.45, 7) is 0. The Bertz CT molecular complexity index is 1320. The van der Waals surface area contributed by atoms with Crippen LogP contribution in [-0.2, 0) is 22.9 Å². The number of fused-ring (bicyclic) bond motifs is 1. The molecule has 1 N–H and O–H groups in total. The fraction of sp³-hybridized carbons (Fsp3) is 0.174. The van der Waals surface area contributed by atoms with Gasteiger partial charge in [0.25, 0.3) is 10.0 Å². The Morgan fingerprint density at radius 3 is 2.44 bits per heavy atom. The lowest BCUT2D eigenvalue weighted by molar-refractivity contribution is 0.454. The molecule has 0 aliphatic heterocycles. The van der Waals surface area contributed by atoms with Crippen molar-refractivity contribution in [3.05, 3.63) is 84.2 Å². The number of nitrogens with zero attached hydrogens (tertiary/aromatic N) is 4. The van der Waals surface area contributed by atoms with Gasteiger partial charge in [-0.05, 0) is 85.3 Å². The molecule has 1 aliphatic rings. The number of aromatic nitrogens is 4. The van der Waals surface area contributed by atoms with E-state index in [1.165, 1.54) is 5.56 Å². The number of hydrogen-bond acceptors (Lipinski definition) is 6. The largest absolute Gasteiger partial charge is 0.438 e. The zero-order valence-electron chi connectivity index (χ0n) is 17.2. The number of rotatable bonds is 6. The number of ether oxygens (including phenoxy) is 1. The smallest absolute Gasteiger partial charge is 0.261 e. The molecule has 2 aromatic heterocycles. The third-order valence-electron chi connectivity index (χ3n) is 5.32. The van der Waals surface area contributed by atoms with Crippen molar-refractivity contribution >= 4 is 15.7 Å². The molecule has 2 aromatic carbocycles. The van der Waals surface area contributed by atoms with Gasteiger partial charge in [-0.25, -0.2) is 13.1 Å². The van der Waals surface area contributed by atoms with Crippen LogP contribution < -0.4 is 9.46 Å². The molecular weight excluding hydrogens is 426 g/mol. The van der Waals surface area contributed by atoms with Crippen molar-refractivity contribution in [2.75, 3.05) is 4.72 Å². The van der Waals surface area contributed by atoms with Gasteiger partial charge in [0.05, 0.1) is 4.90 Å². The Labute approximate surface area is 185 Å². The predicted molar refractivity (Wildman–Crippen MR) is 120 cm³/mol. The quantitative estimate of drug-likeness (QED) is 0.477. The van der Waals surface area contributed by atoms with Crippen LogP contribution in [-0.4, -0.2) is 28.4 Å². The van der Waals surface area contributed by atoms with E-state index < -0.39 is 10.0 Å². The molecule has 8 nitrogen and oxygen atoms in total. The summed E-state index contributed by atoms with van der Waals surface area (Å²) >= 11 is 0. The maximum atomic E-state index is 12.8. The van der Waals surface area contributed by atoms with Gasteiger partial charge in [0.2, 0.25) is 5.88 Å². The molecule has 0 atom stereocenters. The van der Waals surface area contributed by atoms with E-state index in [0.717, 1.165) is 31.2 Å². The topological polar surface area (TPSA) is 99.0 Å². The van der Waals surface area contributed by atoms with E-state index in [4.69, 9.17) is 4.74 Å². The van der Waals surface area contributed by atoms with E-state index in [1.54, 1.807) is 71.7 Å². The fourth-order valence-corrected chi connectivity index (χ4v) is 4.81. The maximum Gasteiger partial charge on any atom is 0.261 e.